The van der Waals surface area contributed by atoms with Gasteiger partial charge < -0.3 is 15.4 Å². The summed E-state index contributed by atoms with van der Waals surface area (Å²) in [6.07, 6.45) is 2.09. The number of Topliss-reactive ketones (excluding diaryl/α,β-unsaturated/α-hetero) is 1. The fraction of sp³-hybridized carbons (Fsp3) is 0.261. The number of rotatable bonds is 5. The van der Waals surface area contributed by atoms with Crippen molar-refractivity contribution in [2.45, 2.75) is 33.1 Å². The average molecular weight is 388 g/mol. The Morgan fingerprint density at radius 3 is 2.55 bits per heavy atom. The molecule has 6 nitrogen and oxygen atoms in total. The number of ether oxygens (including phenoxy) is 1. The van der Waals surface area contributed by atoms with Crippen LogP contribution in [0.25, 0.3) is 0 Å². The number of hydrogen-bond donors (Lipinski definition) is 2. The molecule has 29 heavy (non-hydrogen) atoms. The molecule has 0 saturated carbocycles. The van der Waals surface area contributed by atoms with Crippen LogP contribution in [-0.2, 0) is 6.42 Å². The van der Waals surface area contributed by atoms with Gasteiger partial charge in [0.05, 0.1) is 24.1 Å². The number of anilines is 4. The van der Waals surface area contributed by atoms with Gasteiger partial charge in [0.1, 0.15) is 11.6 Å². The number of carbonyl (C=O) groups excluding carboxylic acids is 1. The van der Waals surface area contributed by atoms with Crippen LogP contribution in [0.5, 0.6) is 5.75 Å². The molecule has 0 unspecified atom stereocenters. The number of methoxy groups -OCH3 is 1. The number of para-hydroxylation sites is 2. The van der Waals surface area contributed by atoms with Crippen molar-refractivity contribution in [3.8, 4) is 5.75 Å². The summed E-state index contributed by atoms with van der Waals surface area (Å²) in [5.41, 5.74) is 5.39. The number of aryl methyl sites for hydroxylation is 2. The van der Waals surface area contributed by atoms with Gasteiger partial charge in [-0.05, 0) is 56.0 Å². The summed E-state index contributed by atoms with van der Waals surface area (Å²) < 4.78 is 5.41. The Balaban J connectivity index is 1.77. The second-order valence-electron chi connectivity index (χ2n) is 7.19. The molecule has 3 aromatic rings. The molecule has 2 N–H and O–H groups in total. The molecule has 148 valence electrons. The molecule has 0 bridgehead atoms. The standard InChI is InChI=1S/C23H24N4O2/c1-14-8-6-10-16(15(14)2)24-22-21-18(11-7-12-19(21)28)26-23(27-22)25-17-9-4-5-13-20(17)29-3/h4-6,8-10,13H,7,11-12H2,1-3H3,(H2,24,25,26,27). The van der Waals surface area contributed by atoms with Gasteiger partial charge in [0, 0.05) is 12.1 Å². The molecule has 2 aromatic carbocycles. The molecule has 0 aliphatic heterocycles. The highest BCUT2D eigenvalue weighted by Gasteiger charge is 2.25. The van der Waals surface area contributed by atoms with Gasteiger partial charge in [0.25, 0.3) is 0 Å². The van der Waals surface area contributed by atoms with Crippen LogP contribution in [-0.4, -0.2) is 22.9 Å². The lowest BCUT2D eigenvalue weighted by molar-refractivity contribution is 0.0972. The summed E-state index contributed by atoms with van der Waals surface area (Å²) in [5, 5.41) is 6.63. The summed E-state index contributed by atoms with van der Waals surface area (Å²) in [4.78, 5) is 22.0. The Kier molecular flexibility index (Phi) is 5.16. The first-order valence-corrected chi connectivity index (χ1v) is 9.74. The highest BCUT2D eigenvalue weighted by molar-refractivity contribution is 6.03. The monoisotopic (exact) mass is 388 g/mol. The number of aromatic nitrogens is 2. The second kappa shape index (κ2) is 7.91. The fourth-order valence-corrected chi connectivity index (χ4v) is 3.55. The molecule has 0 atom stereocenters. The molecular weight excluding hydrogens is 364 g/mol. The van der Waals surface area contributed by atoms with Crippen molar-refractivity contribution in [1.82, 2.24) is 9.97 Å². The molecule has 6 heteroatoms. The van der Waals surface area contributed by atoms with Crippen LogP contribution in [0.1, 0.15) is 40.0 Å². The third kappa shape index (κ3) is 3.78. The Morgan fingerprint density at radius 1 is 0.931 bits per heavy atom. The van der Waals surface area contributed by atoms with Gasteiger partial charge in [-0.1, -0.05) is 24.3 Å². The zero-order valence-electron chi connectivity index (χ0n) is 16.9. The van der Waals surface area contributed by atoms with E-state index in [0.29, 0.717) is 29.5 Å². The van der Waals surface area contributed by atoms with E-state index in [4.69, 9.17) is 4.74 Å². The molecule has 1 aliphatic rings. The minimum Gasteiger partial charge on any atom is -0.495 e. The first-order chi connectivity index (χ1) is 14.1. The lowest BCUT2D eigenvalue weighted by atomic mass is 9.95. The van der Waals surface area contributed by atoms with Crippen LogP contribution >= 0.6 is 0 Å². The Morgan fingerprint density at radius 2 is 1.72 bits per heavy atom. The van der Waals surface area contributed by atoms with Crippen molar-refractivity contribution in [1.29, 1.82) is 0 Å². The molecule has 0 amide bonds. The van der Waals surface area contributed by atoms with Gasteiger partial charge >= 0.3 is 0 Å². The van der Waals surface area contributed by atoms with Crippen LogP contribution in [0.15, 0.2) is 42.5 Å². The highest BCUT2D eigenvalue weighted by Crippen LogP contribution is 2.32. The number of nitrogens with one attached hydrogen (secondary N) is 2. The summed E-state index contributed by atoms with van der Waals surface area (Å²) in [6.45, 7) is 4.12. The molecule has 1 aliphatic carbocycles. The van der Waals surface area contributed by atoms with Crippen molar-refractivity contribution in [2.75, 3.05) is 17.7 Å². The van der Waals surface area contributed by atoms with Crippen molar-refractivity contribution >= 4 is 28.9 Å². The smallest absolute Gasteiger partial charge is 0.229 e. The first kappa shape index (κ1) is 18.9. The Hall–Kier alpha value is -3.41. The normalized spacial score (nSPS) is 13.0. The fourth-order valence-electron chi connectivity index (χ4n) is 3.55. The predicted octanol–water partition coefficient (Wildman–Crippen LogP) is 5.11. The van der Waals surface area contributed by atoms with Gasteiger partial charge in [-0.3, -0.25) is 4.79 Å². The maximum Gasteiger partial charge on any atom is 0.229 e. The van der Waals surface area contributed by atoms with E-state index in [9.17, 15) is 4.79 Å². The minimum atomic E-state index is 0.0860. The van der Waals surface area contributed by atoms with E-state index >= 15 is 0 Å². The minimum absolute atomic E-state index is 0.0860. The quantitative estimate of drug-likeness (QED) is 0.633. The first-order valence-electron chi connectivity index (χ1n) is 9.74. The Bertz CT molecular complexity index is 1080. The van der Waals surface area contributed by atoms with E-state index in [2.05, 4.69) is 40.5 Å². The van der Waals surface area contributed by atoms with Crippen LogP contribution in [0, 0.1) is 13.8 Å². The van der Waals surface area contributed by atoms with Gasteiger partial charge in [0.2, 0.25) is 5.95 Å². The van der Waals surface area contributed by atoms with Crippen molar-refractivity contribution in [2.24, 2.45) is 0 Å². The molecule has 4 rings (SSSR count). The molecule has 1 aromatic heterocycles. The number of hydrogen-bond acceptors (Lipinski definition) is 6. The van der Waals surface area contributed by atoms with E-state index in [-0.39, 0.29) is 5.78 Å². The molecule has 0 spiro atoms. The van der Waals surface area contributed by atoms with E-state index in [1.54, 1.807) is 7.11 Å². The molecule has 1 heterocycles. The van der Waals surface area contributed by atoms with Crippen LogP contribution in [0.4, 0.5) is 23.1 Å². The number of ketones is 1. The average Bonchev–Trinajstić information content (AvgIpc) is 2.72. The molecular formula is C23H24N4O2. The number of fused-ring (bicyclic) bond motifs is 1. The summed E-state index contributed by atoms with van der Waals surface area (Å²) in [7, 11) is 1.63. The molecule has 0 radical (unpaired) electrons. The zero-order chi connectivity index (χ0) is 20.4. The topological polar surface area (TPSA) is 76.1 Å². The maximum absolute atomic E-state index is 12.7. The SMILES string of the molecule is COc1ccccc1Nc1nc2c(c(Nc3cccc(C)c3C)n1)C(=O)CCC2. The Labute approximate surface area is 170 Å². The number of benzene rings is 2. The molecule has 0 saturated heterocycles. The maximum atomic E-state index is 12.7. The summed E-state index contributed by atoms with van der Waals surface area (Å²) in [5.74, 6) is 1.78. The van der Waals surface area contributed by atoms with E-state index in [0.717, 1.165) is 35.5 Å². The number of carbonyl (C=O) groups is 1. The van der Waals surface area contributed by atoms with Crippen LogP contribution in [0.3, 0.4) is 0 Å². The van der Waals surface area contributed by atoms with Gasteiger partial charge in [0.15, 0.2) is 5.78 Å². The lowest BCUT2D eigenvalue weighted by Gasteiger charge is -2.20. The molecule has 0 fully saturated rings. The van der Waals surface area contributed by atoms with Crippen molar-refractivity contribution in [3.05, 3.63) is 64.8 Å². The third-order valence-corrected chi connectivity index (χ3v) is 5.29. The van der Waals surface area contributed by atoms with Crippen LogP contribution in [0.2, 0.25) is 0 Å². The summed E-state index contributed by atoms with van der Waals surface area (Å²) in [6, 6.07) is 13.7. The van der Waals surface area contributed by atoms with E-state index in [1.807, 2.05) is 36.4 Å². The van der Waals surface area contributed by atoms with Crippen molar-refractivity contribution in [3.63, 3.8) is 0 Å². The largest absolute Gasteiger partial charge is 0.495 e. The third-order valence-electron chi connectivity index (χ3n) is 5.29. The predicted molar refractivity (Wildman–Crippen MR) is 115 cm³/mol. The van der Waals surface area contributed by atoms with Gasteiger partial charge in [-0.25, -0.2) is 4.98 Å². The van der Waals surface area contributed by atoms with E-state index in [1.165, 1.54) is 5.56 Å². The van der Waals surface area contributed by atoms with Gasteiger partial charge in [-0.2, -0.15) is 4.98 Å². The summed E-state index contributed by atoms with van der Waals surface area (Å²) >= 11 is 0. The lowest BCUT2D eigenvalue weighted by Crippen LogP contribution is -2.18. The van der Waals surface area contributed by atoms with Gasteiger partial charge in [-0.15, -0.1) is 0 Å². The highest BCUT2D eigenvalue weighted by atomic mass is 16.5. The van der Waals surface area contributed by atoms with E-state index < -0.39 is 0 Å². The van der Waals surface area contributed by atoms with Crippen molar-refractivity contribution < 1.29 is 9.53 Å². The van der Waals surface area contributed by atoms with Crippen LogP contribution < -0.4 is 15.4 Å². The second-order valence-corrected chi connectivity index (χ2v) is 7.19. The zero-order valence-corrected chi connectivity index (χ0v) is 16.9. The number of nitrogens with zero attached hydrogens (tertiary/aromatic N) is 2.